The van der Waals surface area contributed by atoms with Crippen molar-refractivity contribution in [3.8, 4) is 11.1 Å². The van der Waals surface area contributed by atoms with E-state index in [2.05, 4.69) is 4.98 Å². The van der Waals surface area contributed by atoms with Crippen LogP contribution in [0.1, 0.15) is 29.9 Å². The number of amides is 1. The van der Waals surface area contributed by atoms with Gasteiger partial charge in [-0.25, -0.2) is 13.4 Å². The van der Waals surface area contributed by atoms with Crippen molar-refractivity contribution in [2.75, 3.05) is 26.7 Å². The fourth-order valence-electron chi connectivity index (χ4n) is 5.56. The molecule has 2 aromatic heterocycles. The second kappa shape index (κ2) is 11.4. The molecule has 1 aliphatic rings. The Bertz CT molecular complexity index is 1680. The number of imidazole rings is 1. The minimum Gasteiger partial charge on any atom is -0.394 e. The van der Waals surface area contributed by atoms with E-state index < -0.39 is 22.2 Å². The molecule has 1 N–H and O–H groups in total. The zero-order chi connectivity index (χ0) is 29.5. The first-order valence-corrected chi connectivity index (χ1v) is 15.1. The number of carbonyl (C=O) groups excluding carboxylic acids is 1. The number of hydrogen-bond acceptors (Lipinski definition) is 6. The average Bonchev–Trinajstić information content (AvgIpc) is 3.53. The lowest BCUT2D eigenvalue weighted by atomic mass is 9.96. The first kappa shape index (κ1) is 29.0. The highest BCUT2D eigenvalue weighted by molar-refractivity contribution is 7.89. The third-order valence-electron chi connectivity index (χ3n) is 8.02. The smallest absolute Gasteiger partial charge is 0.271 e. The van der Waals surface area contributed by atoms with Gasteiger partial charge in [0.15, 0.2) is 5.03 Å². The Morgan fingerprint density at radius 1 is 1.15 bits per heavy atom. The van der Waals surface area contributed by atoms with Gasteiger partial charge in [-0.1, -0.05) is 49.4 Å². The van der Waals surface area contributed by atoms with Crippen molar-refractivity contribution in [3.63, 3.8) is 0 Å². The lowest BCUT2D eigenvalue weighted by Crippen LogP contribution is -2.48. The summed E-state index contributed by atoms with van der Waals surface area (Å²) in [5.41, 5.74) is 4.08. The van der Waals surface area contributed by atoms with Crippen LogP contribution in [-0.4, -0.2) is 81.6 Å². The van der Waals surface area contributed by atoms with Gasteiger partial charge in [-0.3, -0.25) is 4.79 Å². The van der Waals surface area contributed by atoms with E-state index in [0.29, 0.717) is 5.69 Å². The average molecular weight is 580 g/mol. The Kier molecular flexibility index (Phi) is 8.06. The molecule has 0 unspecified atom stereocenters. The SMILES string of the molecule is C[C@@H]1CN([C@H](C)CO)C(=O)c2c(c3ccccc3n2C)-c2ccccc2CO[C@@H]1CN(C)S(=O)(=O)c1cn(C)cn1. The lowest BCUT2D eigenvalue weighted by Gasteiger charge is -2.34. The molecule has 41 heavy (non-hydrogen) atoms. The number of hydrogen-bond donors (Lipinski definition) is 1. The number of rotatable bonds is 6. The number of nitrogens with zero attached hydrogens (tertiary/aromatic N) is 5. The molecule has 0 fully saturated rings. The summed E-state index contributed by atoms with van der Waals surface area (Å²) in [6.07, 6.45) is 2.37. The predicted molar refractivity (Wildman–Crippen MR) is 157 cm³/mol. The first-order chi connectivity index (χ1) is 19.5. The van der Waals surface area contributed by atoms with Crippen LogP contribution in [0, 0.1) is 5.92 Å². The Morgan fingerprint density at radius 3 is 2.56 bits per heavy atom. The van der Waals surface area contributed by atoms with Crippen molar-refractivity contribution in [2.24, 2.45) is 20.0 Å². The van der Waals surface area contributed by atoms with Crippen LogP contribution >= 0.6 is 0 Å². The summed E-state index contributed by atoms with van der Waals surface area (Å²) in [7, 11) is 1.26. The first-order valence-electron chi connectivity index (χ1n) is 13.7. The van der Waals surface area contributed by atoms with E-state index in [1.807, 2.05) is 74.0 Å². The number of carbonyl (C=O) groups is 1. The molecule has 11 heteroatoms. The maximum atomic E-state index is 14.4. The minimum absolute atomic E-state index is 0.0369. The number of likely N-dealkylation sites (N-methyl/N-ethyl adjacent to an activating group) is 1. The molecule has 0 saturated heterocycles. The molecule has 10 nitrogen and oxygen atoms in total. The maximum Gasteiger partial charge on any atom is 0.271 e. The molecule has 1 aliphatic heterocycles. The minimum atomic E-state index is -3.86. The molecule has 3 atom stereocenters. The Balaban J connectivity index is 1.61. The topological polar surface area (TPSA) is 110 Å². The van der Waals surface area contributed by atoms with Crippen LogP contribution < -0.4 is 0 Å². The monoisotopic (exact) mass is 579 g/mol. The molecule has 4 aromatic rings. The molecular formula is C30H37N5O5S. The van der Waals surface area contributed by atoms with Crippen molar-refractivity contribution in [1.29, 1.82) is 0 Å². The van der Waals surface area contributed by atoms with E-state index in [9.17, 15) is 18.3 Å². The molecule has 0 aliphatic carbocycles. The van der Waals surface area contributed by atoms with Crippen LogP contribution in [0.4, 0.5) is 0 Å². The van der Waals surface area contributed by atoms with Crippen molar-refractivity contribution >= 4 is 26.8 Å². The highest BCUT2D eigenvalue weighted by Crippen LogP contribution is 2.38. The van der Waals surface area contributed by atoms with Crippen LogP contribution in [0.15, 0.2) is 66.1 Å². The second-order valence-corrected chi connectivity index (χ2v) is 12.9. The number of aliphatic hydroxyl groups excluding tert-OH is 1. The second-order valence-electron chi connectivity index (χ2n) is 10.9. The number of aryl methyl sites for hydroxylation is 2. The van der Waals surface area contributed by atoms with E-state index in [4.69, 9.17) is 4.74 Å². The molecule has 218 valence electrons. The van der Waals surface area contributed by atoms with Gasteiger partial charge in [-0.15, -0.1) is 0 Å². The highest BCUT2D eigenvalue weighted by atomic mass is 32.2. The van der Waals surface area contributed by atoms with Crippen LogP contribution in [-0.2, 0) is 35.5 Å². The Morgan fingerprint density at radius 2 is 1.85 bits per heavy atom. The van der Waals surface area contributed by atoms with Gasteiger partial charge in [-0.2, -0.15) is 4.31 Å². The number of aromatic nitrogens is 3. The summed E-state index contributed by atoms with van der Waals surface area (Å²) in [6.45, 7) is 4.10. The third-order valence-corrected chi connectivity index (χ3v) is 9.73. The standard InChI is InChI=1S/C30H37N5O5S/c1-20-14-35(21(2)17-36)30(37)29-28(24-12-8-9-13-25(24)34(29)5)23-11-7-6-10-22(23)18-40-26(20)15-33(4)41(38,39)27-16-32(3)19-31-27/h6-13,16,19-21,26,36H,14-15,17-18H2,1-5H3/t20-,21-,26-/m1/s1. The fourth-order valence-corrected chi connectivity index (χ4v) is 6.70. The van der Waals surface area contributed by atoms with E-state index >= 15 is 0 Å². The van der Waals surface area contributed by atoms with Crippen molar-refractivity contribution in [2.45, 2.75) is 37.6 Å². The van der Waals surface area contributed by atoms with Gasteiger partial charge in [0, 0.05) is 62.8 Å². The summed E-state index contributed by atoms with van der Waals surface area (Å²) < 4.78 is 37.9. The van der Waals surface area contributed by atoms with Crippen LogP contribution in [0.3, 0.4) is 0 Å². The van der Waals surface area contributed by atoms with Crippen LogP contribution in [0.5, 0.6) is 0 Å². The molecule has 0 bridgehead atoms. The van der Waals surface area contributed by atoms with E-state index in [0.717, 1.165) is 27.6 Å². The number of benzene rings is 2. The largest absolute Gasteiger partial charge is 0.394 e. The molecular weight excluding hydrogens is 542 g/mol. The molecule has 0 radical (unpaired) electrons. The number of sulfonamides is 1. The van der Waals surface area contributed by atoms with Gasteiger partial charge in [0.2, 0.25) is 0 Å². The molecule has 3 heterocycles. The van der Waals surface area contributed by atoms with E-state index in [1.54, 1.807) is 16.5 Å². The normalized spacial score (nSPS) is 19.2. The molecule has 1 amide bonds. The quantitative estimate of drug-likeness (QED) is 0.376. The Hall–Kier alpha value is -3.51. The van der Waals surface area contributed by atoms with E-state index in [1.165, 1.54) is 23.9 Å². The zero-order valence-electron chi connectivity index (χ0n) is 24.1. The fraction of sp³-hybridized carbons (Fsp3) is 0.400. The third kappa shape index (κ3) is 5.30. The summed E-state index contributed by atoms with van der Waals surface area (Å²) >= 11 is 0. The van der Waals surface area contributed by atoms with Crippen molar-refractivity contribution in [1.82, 2.24) is 23.3 Å². The summed E-state index contributed by atoms with van der Waals surface area (Å²) in [5, 5.41) is 11.1. The summed E-state index contributed by atoms with van der Waals surface area (Å²) in [6, 6.07) is 15.3. The van der Waals surface area contributed by atoms with Crippen LogP contribution in [0.25, 0.3) is 22.0 Å². The maximum absolute atomic E-state index is 14.4. The molecule has 5 rings (SSSR count). The number of aliphatic hydroxyl groups is 1. The van der Waals surface area contributed by atoms with Gasteiger partial charge in [0.1, 0.15) is 5.69 Å². The van der Waals surface area contributed by atoms with Gasteiger partial charge >= 0.3 is 0 Å². The van der Waals surface area contributed by atoms with Gasteiger partial charge in [0.25, 0.3) is 15.9 Å². The van der Waals surface area contributed by atoms with Gasteiger partial charge in [0.05, 0.1) is 31.7 Å². The van der Waals surface area contributed by atoms with Gasteiger partial charge in [-0.05, 0) is 24.1 Å². The van der Waals surface area contributed by atoms with E-state index in [-0.39, 0.29) is 43.2 Å². The zero-order valence-corrected chi connectivity index (χ0v) is 24.9. The summed E-state index contributed by atoms with van der Waals surface area (Å²) in [5.74, 6) is -0.463. The van der Waals surface area contributed by atoms with Crippen molar-refractivity contribution in [3.05, 3.63) is 72.3 Å². The summed E-state index contributed by atoms with van der Waals surface area (Å²) in [4.78, 5) is 20.1. The number of fused-ring (bicyclic) bond motifs is 5. The highest BCUT2D eigenvalue weighted by Gasteiger charge is 2.35. The Labute approximate surface area is 240 Å². The van der Waals surface area contributed by atoms with Gasteiger partial charge < -0.3 is 23.9 Å². The molecule has 2 aromatic carbocycles. The van der Waals surface area contributed by atoms with Crippen molar-refractivity contribution < 1.29 is 23.1 Å². The van der Waals surface area contributed by atoms with Crippen LogP contribution in [0.2, 0.25) is 0 Å². The number of ether oxygens (including phenoxy) is 1. The number of para-hydroxylation sites is 1. The lowest BCUT2D eigenvalue weighted by molar-refractivity contribution is -0.0147. The molecule has 0 saturated carbocycles. The predicted octanol–water partition coefficient (Wildman–Crippen LogP) is 3.26. The molecule has 0 spiro atoms.